The summed E-state index contributed by atoms with van der Waals surface area (Å²) in [6.07, 6.45) is 3.00. The van der Waals surface area contributed by atoms with Crippen molar-refractivity contribution in [3.05, 3.63) is 35.9 Å². The molecule has 4 nitrogen and oxygen atoms in total. The van der Waals surface area contributed by atoms with E-state index < -0.39 is 6.10 Å². The number of carbonyl (C=O) groups is 1. The van der Waals surface area contributed by atoms with Gasteiger partial charge in [0.15, 0.2) is 0 Å². The van der Waals surface area contributed by atoms with Gasteiger partial charge in [0, 0.05) is 19.1 Å². The highest BCUT2D eigenvalue weighted by atomic mass is 16.3. The van der Waals surface area contributed by atoms with Crippen molar-refractivity contribution in [2.45, 2.75) is 51.3 Å². The molecule has 0 heterocycles. The Morgan fingerprint density at radius 2 is 2.09 bits per heavy atom. The zero-order valence-electron chi connectivity index (χ0n) is 13.7. The van der Waals surface area contributed by atoms with E-state index in [2.05, 4.69) is 48.5 Å². The first-order chi connectivity index (χ1) is 10.6. The second-order valence-electron chi connectivity index (χ2n) is 6.43. The minimum atomic E-state index is -0.446. The smallest absolute Gasteiger partial charge is 0.225 e. The second kappa shape index (κ2) is 8.30. The molecule has 4 heteroatoms. The molecule has 1 saturated carbocycles. The summed E-state index contributed by atoms with van der Waals surface area (Å²) in [7, 11) is 2.11. The van der Waals surface area contributed by atoms with E-state index in [0.29, 0.717) is 12.6 Å². The third kappa shape index (κ3) is 4.82. The van der Waals surface area contributed by atoms with Gasteiger partial charge < -0.3 is 10.4 Å². The van der Waals surface area contributed by atoms with Crippen molar-refractivity contribution in [2.24, 2.45) is 5.92 Å². The molecule has 1 aliphatic rings. The van der Waals surface area contributed by atoms with Crippen LogP contribution in [0, 0.1) is 5.92 Å². The Morgan fingerprint density at radius 3 is 2.73 bits per heavy atom. The van der Waals surface area contributed by atoms with Gasteiger partial charge in [0.2, 0.25) is 5.91 Å². The average molecular weight is 304 g/mol. The van der Waals surface area contributed by atoms with Crippen molar-refractivity contribution in [2.75, 3.05) is 13.6 Å². The van der Waals surface area contributed by atoms with Crippen LogP contribution in [0.1, 0.15) is 38.2 Å². The number of benzene rings is 1. The van der Waals surface area contributed by atoms with Gasteiger partial charge in [-0.2, -0.15) is 0 Å². The second-order valence-corrected chi connectivity index (χ2v) is 6.43. The summed E-state index contributed by atoms with van der Waals surface area (Å²) in [6, 6.07) is 10.8. The van der Waals surface area contributed by atoms with Crippen LogP contribution in [0.25, 0.3) is 0 Å². The Hall–Kier alpha value is -1.39. The number of nitrogens with zero attached hydrogens (tertiary/aromatic N) is 1. The number of nitrogens with one attached hydrogen (secondary N) is 1. The molecule has 0 aromatic heterocycles. The summed E-state index contributed by atoms with van der Waals surface area (Å²) in [5.41, 5.74) is 1.30. The Morgan fingerprint density at radius 1 is 1.36 bits per heavy atom. The van der Waals surface area contributed by atoms with E-state index in [9.17, 15) is 9.90 Å². The third-order valence-corrected chi connectivity index (χ3v) is 4.70. The van der Waals surface area contributed by atoms with Crippen LogP contribution < -0.4 is 5.32 Å². The van der Waals surface area contributed by atoms with E-state index in [1.807, 2.05) is 6.07 Å². The number of hydrogen-bond acceptors (Lipinski definition) is 3. The molecule has 0 saturated heterocycles. The molecular formula is C18H28N2O2. The average Bonchev–Trinajstić information content (AvgIpc) is 2.94. The van der Waals surface area contributed by atoms with Gasteiger partial charge in [0.05, 0.1) is 12.0 Å². The molecule has 0 spiro atoms. The van der Waals surface area contributed by atoms with E-state index in [1.54, 1.807) is 0 Å². The normalized spacial score (nSPS) is 22.7. The fourth-order valence-electron chi connectivity index (χ4n) is 3.03. The standard InChI is InChI=1S/C18H28N2O2/c1-14(20(2)13-15-7-4-3-5-8-15)11-12-19-18(22)16-9-6-10-17(16)21/h3-5,7-8,14,16-17,21H,6,9-13H2,1-2H3,(H,19,22). The summed E-state index contributed by atoms with van der Waals surface area (Å²) >= 11 is 0. The molecule has 2 N–H and O–H groups in total. The molecule has 0 radical (unpaired) electrons. The molecule has 22 heavy (non-hydrogen) atoms. The van der Waals surface area contributed by atoms with Crippen LogP contribution in [0.4, 0.5) is 0 Å². The zero-order chi connectivity index (χ0) is 15.9. The van der Waals surface area contributed by atoms with Crippen molar-refractivity contribution < 1.29 is 9.90 Å². The SMILES string of the molecule is CC(CCNC(=O)C1CCCC1O)N(C)Cc1ccccc1. The molecule has 0 bridgehead atoms. The number of rotatable bonds is 7. The Bertz CT molecular complexity index is 463. The molecule has 1 aliphatic carbocycles. The van der Waals surface area contributed by atoms with Crippen molar-refractivity contribution in [3.63, 3.8) is 0 Å². The Balaban J connectivity index is 1.68. The lowest BCUT2D eigenvalue weighted by molar-refractivity contribution is -0.127. The maximum absolute atomic E-state index is 12.0. The van der Waals surface area contributed by atoms with Gasteiger partial charge in [-0.15, -0.1) is 0 Å². The fourth-order valence-corrected chi connectivity index (χ4v) is 3.03. The fraction of sp³-hybridized carbons (Fsp3) is 0.611. The number of hydrogen-bond donors (Lipinski definition) is 2. The van der Waals surface area contributed by atoms with E-state index in [4.69, 9.17) is 0 Å². The molecule has 122 valence electrons. The summed E-state index contributed by atoms with van der Waals surface area (Å²) in [6.45, 7) is 3.76. The molecule has 1 aromatic rings. The lowest BCUT2D eigenvalue weighted by atomic mass is 10.1. The summed E-state index contributed by atoms with van der Waals surface area (Å²) in [5, 5.41) is 12.7. The number of aliphatic hydroxyl groups excluding tert-OH is 1. The van der Waals surface area contributed by atoms with Crippen LogP contribution in [0.3, 0.4) is 0 Å². The van der Waals surface area contributed by atoms with Crippen molar-refractivity contribution in [1.29, 1.82) is 0 Å². The van der Waals surface area contributed by atoms with Crippen LogP contribution in [0.5, 0.6) is 0 Å². The lowest BCUT2D eigenvalue weighted by Gasteiger charge is -2.25. The lowest BCUT2D eigenvalue weighted by Crippen LogP contribution is -2.38. The maximum Gasteiger partial charge on any atom is 0.225 e. The largest absolute Gasteiger partial charge is 0.392 e. The van der Waals surface area contributed by atoms with Crippen molar-refractivity contribution in [3.8, 4) is 0 Å². The van der Waals surface area contributed by atoms with E-state index in [-0.39, 0.29) is 11.8 Å². The summed E-state index contributed by atoms with van der Waals surface area (Å²) in [4.78, 5) is 14.3. The van der Waals surface area contributed by atoms with Crippen molar-refractivity contribution >= 4 is 5.91 Å². The first-order valence-corrected chi connectivity index (χ1v) is 8.28. The minimum Gasteiger partial charge on any atom is -0.392 e. The summed E-state index contributed by atoms with van der Waals surface area (Å²) < 4.78 is 0. The van der Waals surface area contributed by atoms with Gasteiger partial charge in [0.1, 0.15) is 0 Å². The molecule has 3 unspecified atom stereocenters. The minimum absolute atomic E-state index is 0.0166. The number of amides is 1. The first-order valence-electron chi connectivity index (χ1n) is 8.28. The summed E-state index contributed by atoms with van der Waals surface area (Å²) in [5.74, 6) is -0.180. The van der Waals surface area contributed by atoms with E-state index in [1.165, 1.54) is 5.56 Å². The van der Waals surface area contributed by atoms with Gasteiger partial charge in [-0.25, -0.2) is 0 Å². The predicted octanol–water partition coefficient (Wildman–Crippen LogP) is 2.17. The van der Waals surface area contributed by atoms with Gasteiger partial charge >= 0.3 is 0 Å². The van der Waals surface area contributed by atoms with E-state index >= 15 is 0 Å². The van der Waals surface area contributed by atoms with Gasteiger partial charge in [0.25, 0.3) is 0 Å². The zero-order valence-corrected chi connectivity index (χ0v) is 13.7. The van der Waals surface area contributed by atoms with Gasteiger partial charge in [-0.05, 0) is 45.2 Å². The molecule has 2 rings (SSSR count). The van der Waals surface area contributed by atoms with Crippen LogP contribution in [0.2, 0.25) is 0 Å². The Labute approximate surface area is 133 Å². The molecule has 1 fully saturated rings. The van der Waals surface area contributed by atoms with Crippen LogP contribution in [0.15, 0.2) is 30.3 Å². The highest BCUT2D eigenvalue weighted by molar-refractivity contribution is 5.79. The first kappa shape index (κ1) is 17.0. The molecular weight excluding hydrogens is 276 g/mol. The monoisotopic (exact) mass is 304 g/mol. The number of aliphatic hydroxyl groups is 1. The quantitative estimate of drug-likeness (QED) is 0.812. The molecule has 1 amide bonds. The molecule has 3 atom stereocenters. The highest BCUT2D eigenvalue weighted by Gasteiger charge is 2.31. The van der Waals surface area contributed by atoms with Crippen LogP contribution in [-0.2, 0) is 11.3 Å². The van der Waals surface area contributed by atoms with Crippen molar-refractivity contribution in [1.82, 2.24) is 10.2 Å². The topological polar surface area (TPSA) is 52.6 Å². The number of carbonyl (C=O) groups excluding carboxylic acids is 1. The highest BCUT2D eigenvalue weighted by Crippen LogP contribution is 2.25. The Kier molecular flexibility index (Phi) is 6.40. The maximum atomic E-state index is 12.0. The predicted molar refractivity (Wildman–Crippen MR) is 88.3 cm³/mol. The van der Waals surface area contributed by atoms with E-state index in [0.717, 1.165) is 32.2 Å². The van der Waals surface area contributed by atoms with Crippen LogP contribution >= 0.6 is 0 Å². The molecule has 0 aliphatic heterocycles. The molecule has 1 aromatic carbocycles. The van der Waals surface area contributed by atoms with Gasteiger partial charge in [-0.3, -0.25) is 9.69 Å². The van der Waals surface area contributed by atoms with Gasteiger partial charge in [-0.1, -0.05) is 30.3 Å². The van der Waals surface area contributed by atoms with Crippen LogP contribution in [-0.4, -0.2) is 41.7 Å². The third-order valence-electron chi connectivity index (χ3n) is 4.70.